The summed E-state index contributed by atoms with van der Waals surface area (Å²) in [6.45, 7) is 0.456. The lowest BCUT2D eigenvalue weighted by molar-refractivity contribution is -0.0145. The third-order valence-corrected chi connectivity index (χ3v) is 3.71. The molecule has 1 atom stereocenters. The maximum absolute atomic E-state index is 11.1. The van der Waals surface area contributed by atoms with E-state index in [1.165, 1.54) is 6.42 Å². The molecule has 0 aromatic carbocycles. The third-order valence-electron chi connectivity index (χ3n) is 3.01. The van der Waals surface area contributed by atoms with Gasteiger partial charge in [-0.05, 0) is 12.8 Å². The Labute approximate surface area is 97.3 Å². The first-order valence-electron chi connectivity index (χ1n) is 5.54. The number of aromatic nitrogens is 3. The van der Waals surface area contributed by atoms with Crippen LogP contribution in [0.5, 0.6) is 0 Å². The molecular weight excluding hydrogens is 226 g/mol. The Morgan fingerprint density at radius 3 is 2.75 bits per heavy atom. The summed E-state index contributed by atoms with van der Waals surface area (Å²) in [7, 11) is -1.15. The highest BCUT2D eigenvalue weighted by Gasteiger charge is 2.30. The van der Waals surface area contributed by atoms with E-state index in [2.05, 4.69) is 10.1 Å². The highest BCUT2D eigenvalue weighted by Crippen LogP contribution is 2.29. The van der Waals surface area contributed by atoms with Crippen LogP contribution in [0.1, 0.15) is 32.1 Å². The van der Waals surface area contributed by atoms with E-state index in [1.807, 2.05) is 0 Å². The smallest absolute Gasteiger partial charge is 0.238 e. The first-order valence-corrected chi connectivity index (χ1v) is 7.10. The van der Waals surface area contributed by atoms with Gasteiger partial charge in [-0.3, -0.25) is 4.21 Å². The maximum atomic E-state index is 11.1. The minimum absolute atomic E-state index is 0.333. The van der Waals surface area contributed by atoms with Crippen LogP contribution < -0.4 is 0 Å². The average molecular weight is 243 g/mol. The van der Waals surface area contributed by atoms with Gasteiger partial charge in [-0.15, -0.1) is 5.10 Å². The number of rotatable bonds is 3. The molecule has 1 N–H and O–H groups in total. The van der Waals surface area contributed by atoms with Gasteiger partial charge in [0, 0.05) is 6.26 Å². The summed E-state index contributed by atoms with van der Waals surface area (Å²) in [6.07, 6.45) is 8.06. The fourth-order valence-electron chi connectivity index (χ4n) is 2.15. The molecule has 0 radical (unpaired) electrons. The molecule has 1 aliphatic carbocycles. The Morgan fingerprint density at radius 2 is 2.19 bits per heavy atom. The van der Waals surface area contributed by atoms with E-state index in [1.54, 1.807) is 17.3 Å². The second-order valence-electron chi connectivity index (χ2n) is 4.46. The Kier molecular flexibility index (Phi) is 3.39. The fourth-order valence-corrected chi connectivity index (χ4v) is 2.57. The van der Waals surface area contributed by atoms with Gasteiger partial charge in [0.05, 0.1) is 22.9 Å². The van der Waals surface area contributed by atoms with Crippen LogP contribution in [-0.4, -0.2) is 35.9 Å². The van der Waals surface area contributed by atoms with Crippen molar-refractivity contribution < 1.29 is 9.32 Å². The molecule has 5 nitrogen and oxygen atoms in total. The molecule has 16 heavy (non-hydrogen) atoms. The monoisotopic (exact) mass is 243 g/mol. The third kappa shape index (κ3) is 2.68. The van der Waals surface area contributed by atoms with Crippen molar-refractivity contribution in [1.82, 2.24) is 14.8 Å². The lowest BCUT2D eigenvalue weighted by Crippen LogP contribution is -2.36. The summed E-state index contributed by atoms with van der Waals surface area (Å²) in [5.41, 5.74) is -0.654. The van der Waals surface area contributed by atoms with Crippen molar-refractivity contribution in [3.05, 3.63) is 6.33 Å². The number of nitrogens with zero attached hydrogens (tertiary/aromatic N) is 3. The van der Waals surface area contributed by atoms with Gasteiger partial charge < -0.3 is 5.11 Å². The molecule has 2 rings (SSSR count). The van der Waals surface area contributed by atoms with Gasteiger partial charge in [-0.25, -0.2) is 9.67 Å². The molecular formula is C10H17N3O2S. The minimum atomic E-state index is -1.15. The Bertz CT molecular complexity index is 385. The SMILES string of the molecule is CS(=O)c1ncn(CC2(O)CCCCC2)n1. The summed E-state index contributed by atoms with van der Waals surface area (Å²) in [5, 5.41) is 14.7. The quantitative estimate of drug-likeness (QED) is 0.849. The van der Waals surface area contributed by atoms with Gasteiger partial charge in [-0.2, -0.15) is 0 Å². The van der Waals surface area contributed by atoms with Crippen molar-refractivity contribution in [2.45, 2.75) is 49.4 Å². The van der Waals surface area contributed by atoms with Crippen LogP contribution in [0, 0.1) is 0 Å². The fraction of sp³-hybridized carbons (Fsp3) is 0.800. The first kappa shape index (κ1) is 11.7. The predicted octanol–water partition coefficient (Wildman–Crippen LogP) is 0.711. The van der Waals surface area contributed by atoms with Gasteiger partial charge >= 0.3 is 0 Å². The van der Waals surface area contributed by atoms with Gasteiger partial charge in [0.25, 0.3) is 0 Å². The molecule has 1 fully saturated rings. The van der Waals surface area contributed by atoms with Gasteiger partial charge in [0.1, 0.15) is 6.33 Å². The van der Waals surface area contributed by atoms with Crippen LogP contribution in [0.25, 0.3) is 0 Å². The summed E-state index contributed by atoms with van der Waals surface area (Å²) in [5.74, 6) is 0. The minimum Gasteiger partial charge on any atom is -0.388 e. The molecule has 1 aromatic rings. The van der Waals surface area contributed by atoms with Crippen molar-refractivity contribution >= 4 is 10.8 Å². The zero-order chi connectivity index (χ0) is 11.6. The lowest BCUT2D eigenvalue weighted by Gasteiger charge is -2.31. The molecule has 1 saturated carbocycles. The second kappa shape index (κ2) is 4.63. The van der Waals surface area contributed by atoms with Gasteiger partial charge in [0.2, 0.25) is 5.16 Å². The highest BCUT2D eigenvalue weighted by molar-refractivity contribution is 7.84. The first-order chi connectivity index (χ1) is 7.59. The van der Waals surface area contributed by atoms with E-state index in [0.29, 0.717) is 11.7 Å². The van der Waals surface area contributed by atoms with E-state index in [9.17, 15) is 9.32 Å². The van der Waals surface area contributed by atoms with Crippen molar-refractivity contribution in [3.63, 3.8) is 0 Å². The highest BCUT2D eigenvalue weighted by atomic mass is 32.2. The van der Waals surface area contributed by atoms with Gasteiger partial charge in [0.15, 0.2) is 0 Å². The average Bonchev–Trinajstić information content (AvgIpc) is 2.66. The van der Waals surface area contributed by atoms with E-state index < -0.39 is 16.4 Å². The van der Waals surface area contributed by atoms with E-state index >= 15 is 0 Å². The number of hydrogen-bond acceptors (Lipinski definition) is 4. The lowest BCUT2D eigenvalue weighted by atomic mass is 9.85. The Hall–Kier alpha value is -0.750. The van der Waals surface area contributed by atoms with Gasteiger partial charge in [-0.1, -0.05) is 19.3 Å². The maximum Gasteiger partial charge on any atom is 0.238 e. The summed E-state index contributed by atoms with van der Waals surface area (Å²) in [4.78, 5) is 3.95. The van der Waals surface area contributed by atoms with Crippen LogP contribution >= 0.6 is 0 Å². The second-order valence-corrected chi connectivity index (χ2v) is 5.74. The molecule has 1 heterocycles. The molecule has 1 aromatic heterocycles. The van der Waals surface area contributed by atoms with Crippen LogP contribution in [0.2, 0.25) is 0 Å². The van der Waals surface area contributed by atoms with E-state index in [4.69, 9.17) is 0 Å². The summed E-state index contributed by atoms with van der Waals surface area (Å²) < 4.78 is 12.7. The normalized spacial score (nSPS) is 21.9. The molecule has 0 aliphatic heterocycles. The van der Waals surface area contributed by atoms with E-state index in [-0.39, 0.29) is 0 Å². The molecule has 0 saturated heterocycles. The standard InChI is InChI=1S/C10H17N3O2S/c1-16(15)9-11-8-13(12-9)7-10(14)5-3-2-4-6-10/h8,14H,2-7H2,1H3. The summed E-state index contributed by atoms with van der Waals surface area (Å²) >= 11 is 0. The molecule has 0 spiro atoms. The Balaban J connectivity index is 2.04. The molecule has 90 valence electrons. The van der Waals surface area contributed by atoms with Crippen LogP contribution in [0.4, 0.5) is 0 Å². The topological polar surface area (TPSA) is 68.0 Å². The van der Waals surface area contributed by atoms with Crippen LogP contribution in [-0.2, 0) is 17.3 Å². The van der Waals surface area contributed by atoms with Crippen LogP contribution in [0.3, 0.4) is 0 Å². The molecule has 0 bridgehead atoms. The number of aliphatic hydroxyl groups is 1. The molecule has 0 amide bonds. The number of hydrogen-bond donors (Lipinski definition) is 1. The largest absolute Gasteiger partial charge is 0.388 e. The van der Waals surface area contributed by atoms with Crippen molar-refractivity contribution in [3.8, 4) is 0 Å². The van der Waals surface area contributed by atoms with Crippen molar-refractivity contribution in [2.75, 3.05) is 6.26 Å². The van der Waals surface area contributed by atoms with Crippen molar-refractivity contribution in [2.24, 2.45) is 0 Å². The molecule has 1 aliphatic rings. The van der Waals surface area contributed by atoms with Crippen molar-refractivity contribution in [1.29, 1.82) is 0 Å². The Morgan fingerprint density at radius 1 is 1.50 bits per heavy atom. The predicted molar refractivity (Wildman–Crippen MR) is 60.4 cm³/mol. The molecule has 1 unspecified atom stereocenters. The summed E-state index contributed by atoms with van der Waals surface area (Å²) in [6, 6.07) is 0. The van der Waals surface area contributed by atoms with E-state index in [0.717, 1.165) is 25.7 Å². The zero-order valence-electron chi connectivity index (χ0n) is 9.43. The zero-order valence-corrected chi connectivity index (χ0v) is 10.2. The van der Waals surface area contributed by atoms with Crippen LogP contribution in [0.15, 0.2) is 11.5 Å². The molecule has 6 heteroatoms.